The minimum Gasteiger partial charge on any atom is -0.242 e. The number of halogens is 3. The van der Waals surface area contributed by atoms with Gasteiger partial charge < -0.3 is 0 Å². The van der Waals surface area contributed by atoms with Crippen molar-refractivity contribution in [1.82, 2.24) is 15.0 Å². The Morgan fingerprint density at radius 3 is 2.40 bits per heavy atom. The van der Waals surface area contributed by atoms with Crippen molar-refractivity contribution in [1.29, 1.82) is 0 Å². The van der Waals surface area contributed by atoms with E-state index in [0.717, 1.165) is 0 Å². The van der Waals surface area contributed by atoms with E-state index in [-0.39, 0.29) is 10.4 Å². The molecule has 15 heavy (non-hydrogen) atoms. The molecular formula is C9H8Cl3N3. The molecule has 2 aromatic rings. The smallest absolute Gasteiger partial charge is 0.224 e. The number of hydrogen-bond acceptors (Lipinski definition) is 3. The van der Waals surface area contributed by atoms with Crippen molar-refractivity contribution in [3.8, 4) is 0 Å². The van der Waals surface area contributed by atoms with E-state index in [1.807, 2.05) is 13.8 Å². The summed E-state index contributed by atoms with van der Waals surface area (Å²) in [7, 11) is 0. The van der Waals surface area contributed by atoms with Crippen molar-refractivity contribution in [3.05, 3.63) is 27.9 Å². The maximum absolute atomic E-state index is 5.81. The van der Waals surface area contributed by atoms with Gasteiger partial charge in [-0.1, -0.05) is 37.0 Å². The Kier molecular flexibility index (Phi) is 4.51. The summed E-state index contributed by atoms with van der Waals surface area (Å²) in [6, 6.07) is 1.59. The zero-order chi connectivity index (χ0) is 11.4. The summed E-state index contributed by atoms with van der Waals surface area (Å²) >= 11 is 17.1. The van der Waals surface area contributed by atoms with Crippen molar-refractivity contribution in [2.75, 3.05) is 0 Å². The van der Waals surface area contributed by atoms with Crippen LogP contribution in [0, 0.1) is 0 Å². The van der Waals surface area contributed by atoms with E-state index < -0.39 is 0 Å². The van der Waals surface area contributed by atoms with E-state index in [9.17, 15) is 0 Å². The van der Waals surface area contributed by atoms with Gasteiger partial charge in [-0.05, 0) is 17.7 Å². The predicted molar refractivity (Wildman–Crippen MR) is 63.7 cm³/mol. The average molecular weight is 265 g/mol. The van der Waals surface area contributed by atoms with Gasteiger partial charge >= 0.3 is 0 Å². The first-order valence-corrected chi connectivity index (χ1v) is 5.44. The first-order chi connectivity index (χ1) is 7.16. The van der Waals surface area contributed by atoms with Gasteiger partial charge in [0.15, 0.2) is 0 Å². The Balaban J connectivity index is 0.000000531. The zero-order valence-electron chi connectivity index (χ0n) is 8.13. The minimum absolute atomic E-state index is 0.0987. The van der Waals surface area contributed by atoms with Crippen LogP contribution in [-0.2, 0) is 0 Å². The molecule has 0 spiro atoms. The van der Waals surface area contributed by atoms with Gasteiger partial charge in [-0.25, -0.2) is 15.0 Å². The highest BCUT2D eigenvalue weighted by molar-refractivity contribution is 6.36. The molecule has 3 nitrogen and oxygen atoms in total. The molecule has 2 rings (SSSR count). The van der Waals surface area contributed by atoms with Crippen LogP contribution in [0.1, 0.15) is 13.8 Å². The van der Waals surface area contributed by atoms with Crippen LogP contribution >= 0.6 is 34.8 Å². The van der Waals surface area contributed by atoms with E-state index in [4.69, 9.17) is 34.8 Å². The van der Waals surface area contributed by atoms with Crippen LogP contribution in [0.2, 0.25) is 15.6 Å². The maximum atomic E-state index is 5.81. The molecule has 0 saturated carbocycles. The second-order valence-corrected chi connectivity index (χ2v) is 3.39. The van der Waals surface area contributed by atoms with Crippen LogP contribution in [0.4, 0.5) is 0 Å². The van der Waals surface area contributed by atoms with E-state index in [1.54, 1.807) is 6.07 Å². The molecule has 80 valence electrons. The molecule has 0 atom stereocenters. The number of fused-ring (bicyclic) bond motifs is 1. The number of aromatic nitrogens is 3. The van der Waals surface area contributed by atoms with Crippen LogP contribution in [-0.4, -0.2) is 15.0 Å². The van der Waals surface area contributed by atoms with Gasteiger partial charge in [0.25, 0.3) is 0 Å². The van der Waals surface area contributed by atoms with Crippen molar-refractivity contribution in [2.24, 2.45) is 0 Å². The Labute approximate surface area is 102 Å². The third kappa shape index (κ3) is 2.91. The highest BCUT2D eigenvalue weighted by Crippen LogP contribution is 2.23. The lowest BCUT2D eigenvalue weighted by Gasteiger charge is -1.99. The van der Waals surface area contributed by atoms with Gasteiger partial charge in [-0.15, -0.1) is 0 Å². The highest BCUT2D eigenvalue weighted by atomic mass is 35.5. The van der Waals surface area contributed by atoms with Crippen molar-refractivity contribution >= 4 is 45.7 Å². The largest absolute Gasteiger partial charge is 0.242 e. The molecule has 0 amide bonds. The van der Waals surface area contributed by atoms with Crippen molar-refractivity contribution < 1.29 is 0 Å². The van der Waals surface area contributed by atoms with E-state index in [0.29, 0.717) is 16.1 Å². The molecule has 0 saturated heterocycles. The molecule has 2 heterocycles. The van der Waals surface area contributed by atoms with Crippen LogP contribution < -0.4 is 0 Å². The molecule has 0 aliphatic rings. The lowest BCUT2D eigenvalue weighted by molar-refractivity contribution is 1.20. The molecule has 0 aromatic carbocycles. The van der Waals surface area contributed by atoms with Gasteiger partial charge in [0.1, 0.15) is 10.3 Å². The van der Waals surface area contributed by atoms with Crippen molar-refractivity contribution in [3.63, 3.8) is 0 Å². The summed E-state index contributed by atoms with van der Waals surface area (Å²) in [5.41, 5.74) is 0.578. The summed E-state index contributed by atoms with van der Waals surface area (Å²) < 4.78 is 0. The third-order valence-corrected chi connectivity index (χ3v) is 2.14. The fourth-order valence-electron chi connectivity index (χ4n) is 0.943. The van der Waals surface area contributed by atoms with E-state index >= 15 is 0 Å². The SMILES string of the molecule is CC.Clc1cc2c(Cl)nc(Cl)nc2cn1. The zero-order valence-corrected chi connectivity index (χ0v) is 10.4. The maximum Gasteiger partial charge on any atom is 0.224 e. The van der Waals surface area contributed by atoms with Gasteiger partial charge in [0, 0.05) is 5.39 Å². The summed E-state index contributed by atoms with van der Waals surface area (Å²) in [6.07, 6.45) is 1.50. The van der Waals surface area contributed by atoms with Crippen LogP contribution in [0.25, 0.3) is 10.9 Å². The first-order valence-electron chi connectivity index (χ1n) is 4.31. The van der Waals surface area contributed by atoms with Gasteiger partial charge in [-0.2, -0.15) is 0 Å². The second-order valence-electron chi connectivity index (χ2n) is 2.31. The molecule has 0 bridgehead atoms. The average Bonchev–Trinajstić information content (AvgIpc) is 2.22. The predicted octanol–water partition coefficient (Wildman–Crippen LogP) is 4.01. The number of hydrogen-bond donors (Lipinski definition) is 0. The third-order valence-electron chi connectivity index (χ3n) is 1.47. The molecule has 0 aliphatic heterocycles. The summed E-state index contributed by atoms with van der Waals surface area (Å²) in [5.74, 6) is 0. The normalized spacial score (nSPS) is 9.67. The Morgan fingerprint density at radius 1 is 1.07 bits per heavy atom. The van der Waals surface area contributed by atoms with E-state index in [1.165, 1.54) is 6.20 Å². The number of nitrogens with zero attached hydrogens (tertiary/aromatic N) is 3. The minimum atomic E-state index is 0.0987. The molecule has 0 unspecified atom stereocenters. The van der Waals surface area contributed by atoms with E-state index in [2.05, 4.69) is 15.0 Å². The standard InChI is InChI=1S/C7H2Cl3N3.C2H6/c8-5-1-3-4(2-11-5)12-7(10)13-6(3)9;1-2/h1-2H;1-2H3. The molecule has 0 fully saturated rings. The van der Waals surface area contributed by atoms with Gasteiger partial charge in [-0.3, -0.25) is 0 Å². The molecule has 6 heteroatoms. The molecule has 0 radical (unpaired) electrons. The Hall–Kier alpha value is -0.640. The fourth-order valence-corrected chi connectivity index (χ4v) is 1.55. The molecule has 0 N–H and O–H groups in total. The Morgan fingerprint density at radius 2 is 1.73 bits per heavy atom. The van der Waals surface area contributed by atoms with Gasteiger partial charge in [0.2, 0.25) is 5.28 Å². The lowest BCUT2D eigenvalue weighted by Crippen LogP contribution is -1.87. The number of rotatable bonds is 0. The monoisotopic (exact) mass is 263 g/mol. The topological polar surface area (TPSA) is 38.7 Å². The summed E-state index contributed by atoms with van der Waals surface area (Å²) in [6.45, 7) is 4.00. The second kappa shape index (κ2) is 5.45. The summed E-state index contributed by atoms with van der Waals surface area (Å²) in [5, 5.41) is 1.37. The molecule has 0 aliphatic carbocycles. The van der Waals surface area contributed by atoms with Crippen LogP contribution in [0.5, 0.6) is 0 Å². The summed E-state index contributed by atoms with van der Waals surface area (Å²) in [4.78, 5) is 11.5. The fraction of sp³-hybridized carbons (Fsp3) is 0.222. The quantitative estimate of drug-likeness (QED) is 0.410. The lowest BCUT2D eigenvalue weighted by atomic mass is 10.3. The Bertz CT molecular complexity index is 473. The van der Waals surface area contributed by atoms with Gasteiger partial charge in [0.05, 0.1) is 11.7 Å². The number of pyridine rings is 1. The van der Waals surface area contributed by atoms with Crippen LogP contribution in [0.15, 0.2) is 12.3 Å². The van der Waals surface area contributed by atoms with Crippen LogP contribution in [0.3, 0.4) is 0 Å². The van der Waals surface area contributed by atoms with Crippen molar-refractivity contribution in [2.45, 2.75) is 13.8 Å². The molecule has 2 aromatic heterocycles. The molecular weight excluding hydrogens is 256 g/mol. The first kappa shape index (κ1) is 12.4. The highest BCUT2D eigenvalue weighted by Gasteiger charge is 2.05.